The van der Waals surface area contributed by atoms with Crippen molar-refractivity contribution in [1.82, 2.24) is 0 Å². The molecule has 21 heavy (non-hydrogen) atoms. The summed E-state index contributed by atoms with van der Waals surface area (Å²) in [5.41, 5.74) is 2.88. The van der Waals surface area contributed by atoms with Gasteiger partial charge in [-0.05, 0) is 79.4 Å². The van der Waals surface area contributed by atoms with Gasteiger partial charge in [-0.2, -0.15) is 0 Å². The maximum absolute atomic E-state index is 12.0. The van der Waals surface area contributed by atoms with Gasteiger partial charge in [-0.15, -0.1) is 0 Å². The lowest BCUT2D eigenvalue weighted by molar-refractivity contribution is -0.112. The Morgan fingerprint density at radius 2 is 1.57 bits per heavy atom. The fourth-order valence-corrected chi connectivity index (χ4v) is 5.94. The van der Waals surface area contributed by atoms with Crippen LogP contribution in [0.1, 0.15) is 54.4 Å². The minimum atomic E-state index is -0.479. The molecule has 1 heterocycles. The molecule has 0 spiro atoms. The highest BCUT2D eigenvalue weighted by atomic mass is 16.2. The van der Waals surface area contributed by atoms with Crippen molar-refractivity contribution in [2.45, 2.75) is 43.9 Å². The molecule has 1 aromatic carbocycles. The zero-order valence-electron chi connectivity index (χ0n) is 12.0. The Bertz CT molecular complexity index is 641. The molecule has 1 aliphatic heterocycles. The van der Waals surface area contributed by atoms with Gasteiger partial charge in [0.25, 0.3) is 11.7 Å². The van der Waals surface area contributed by atoms with Crippen LogP contribution >= 0.6 is 0 Å². The zero-order valence-corrected chi connectivity index (χ0v) is 12.0. The molecule has 0 radical (unpaired) electrons. The van der Waals surface area contributed by atoms with Crippen molar-refractivity contribution in [3.05, 3.63) is 29.3 Å². The van der Waals surface area contributed by atoms with Crippen LogP contribution < -0.4 is 5.32 Å². The topological polar surface area (TPSA) is 46.2 Å². The second-order valence-corrected chi connectivity index (χ2v) is 7.74. The van der Waals surface area contributed by atoms with Crippen LogP contribution in [0.5, 0.6) is 0 Å². The van der Waals surface area contributed by atoms with E-state index in [9.17, 15) is 9.59 Å². The first-order chi connectivity index (χ1) is 10.1. The van der Waals surface area contributed by atoms with Crippen molar-refractivity contribution in [3.63, 3.8) is 0 Å². The van der Waals surface area contributed by atoms with Gasteiger partial charge >= 0.3 is 0 Å². The first-order valence-electron chi connectivity index (χ1n) is 8.13. The summed E-state index contributed by atoms with van der Waals surface area (Å²) in [7, 11) is 0. The Morgan fingerprint density at radius 3 is 2.19 bits per heavy atom. The number of hydrogen-bond acceptors (Lipinski definition) is 2. The molecule has 1 amide bonds. The number of fused-ring (bicyclic) bond motifs is 1. The molecule has 108 valence electrons. The van der Waals surface area contributed by atoms with Crippen molar-refractivity contribution in [3.8, 4) is 0 Å². The van der Waals surface area contributed by atoms with Crippen molar-refractivity contribution in [1.29, 1.82) is 0 Å². The number of nitrogens with one attached hydrogen (secondary N) is 1. The summed E-state index contributed by atoms with van der Waals surface area (Å²) in [6.45, 7) is 0. The van der Waals surface area contributed by atoms with Gasteiger partial charge in [0.15, 0.2) is 0 Å². The maximum atomic E-state index is 12.0. The first kappa shape index (κ1) is 12.0. The normalized spacial score (nSPS) is 39.5. The molecule has 4 bridgehead atoms. The Kier molecular flexibility index (Phi) is 2.14. The van der Waals surface area contributed by atoms with Crippen LogP contribution in [0.4, 0.5) is 5.69 Å². The number of anilines is 1. The van der Waals surface area contributed by atoms with E-state index in [1.165, 1.54) is 44.1 Å². The molecule has 1 aromatic rings. The van der Waals surface area contributed by atoms with E-state index in [2.05, 4.69) is 11.4 Å². The monoisotopic (exact) mass is 281 g/mol. The maximum Gasteiger partial charge on any atom is 0.296 e. The lowest BCUT2D eigenvalue weighted by Crippen LogP contribution is -2.48. The van der Waals surface area contributed by atoms with E-state index in [0.717, 1.165) is 17.8 Å². The van der Waals surface area contributed by atoms with E-state index in [4.69, 9.17) is 0 Å². The fraction of sp³-hybridized carbons (Fsp3) is 0.556. The quantitative estimate of drug-likeness (QED) is 0.803. The summed E-state index contributed by atoms with van der Waals surface area (Å²) in [6.07, 6.45) is 8.11. The second-order valence-electron chi connectivity index (χ2n) is 7.74. The summed E-state index contributed by atoms with van der Waals surface area (Å²) in [5, 5.41) is 2.66. The largest absolute Gasteiger partial charge is 0.318 e. The predicted molar refractivity (Wildman–Crippen MR) is 79.3 cm³/mol. The molecule has 0 aromatic heterocycles. The van der Waals surface area contributed by atoms with Gasteiger partial charge in [-0.3, -0.25) is 9.59 Å². The Morgan fingerprint density at radius 1 is 0.952 bits per heavy atom. The zero-order chi connectivity index (χ0) is 14.2. The van der Waals surface area contributed by atoms with Crippen molar-refractivity contribution in [2.75, 3.05) is 5.32 Å². The molecule has 1 N–H and O–H groups in total. The van der Waals surface area contributed by atoms with Crippen LogP contribution in [0, 0.1) is 17.8 Å². The molecule has 3 heteroatoms. The van der Waals surface area contributed by atoms with E-state index in [-0.39, 0.29) is 11.2 Å². The van der Waals surface area contributed by atoms with E-state index in [1.807, 2.05) is 12.1 Å². The highest BCUT2D eigenvalue weighted by Gasteiger charge is 2.51. The lowest BCUT2D eigenvalue weighted by atomic mass is 9.48. The van der Waals surface area contributed by atoms with Crippen LogP contribution in [0.3, 0.4) is 0 Å². The highest BCUT2D eigenvalue weighted by molar-refractivity contribution is 6.51. The number of ketones is 1. The van der Waals surface area contributed by atoms with Gasteiger partial charge in [-0.25, -0.2) is 0 Å². The Hall–Kier alpha value is -1.64. The second kappa shape index (κ2) is 3.76. The Balaban J connectivity index is 1.60. The molecule has 0 atom stereocenters. The van der Waals surface area contributed by atoms with Crippen molar-refractivity contribution >= 4 is 17.4 Å². The van der Waals surface area contributed by atoms with Gasteiger partial charge in [0, 0.05) is 0 Å². The number of Topliss-reactive ketones (excluding diaryl/α,β-unsaturated/α-hetero) is 1. The average molecular weight is 281 g/mol. The third-order valence-corrected chi connectivity index (χ3v) is 6.37. The van der Waals surface area contributed by atoms with Crippen LogP contribution in [0.15, 0.2) is 18.2 Å². The number of carbonyl (C=O) groups is 2. The fourth-order valence-electron chi connectivity index (χ4n) is 5.94. The molecule has 4 saturated carbocycles. The number of hydrogen-bond donors (Lipinski definition) is 1. The first-order valence-corrected chi connectivity index (χ1v) is 8.13. The third-order valence-electron chi connectivity index (χ3n) is 6.37. The molecule has 5 aliphatic rings. The van der Waals surface area contributed by atoms with Crippen LogP contribution in [-0.4, -0.2) is 11.7 Å². The van der Waals surface area contributed by atoms with Gasteiger partial charge in [0.2, 0.25) is 0 Å². The standard InChI is InChI=1S/C18H19NO2/c20-16-14-6-13(1-2-15(14)19-17(16)21)18-7-10-3-11(8-18)5-12(4-10)9-18/h1-2,6,10-12H,3-5,7-9H2,(H,19,20,21). The number of rotatable bonds is 1. The van der Waals surface area contributed by atoms with Crippen LogP contribution in [0.2, 0.25) is 0 Å². The van der Waals surface area contributed by atoms with Crippen LogP contribution in [-0.2, 0) is 10.2 Å². The molecule has 0 unspecified atom stereocenters. The van der Waals surface area contributed by atoms with Gasteiger partial charge in [-0.1, -0.05) is 6.07 Å². The van der Waals surface area contributed by atoms with E-state index in [0.29, 0.717) is 11.3 Å². The summed E-state index contributed by atoms with van der Waals surface area (Å²) in [4.78, 5) is 23.5. The average Bonchev–Trinajstić information content (AvgIpc) is 2.72. The highest BCUT2D eigenvalue weighted by Crippen LogP contribution is 2.60. The van der Waals surface area contributed by atoms with Gasteiger partial charge in [0.1, 0.15) is 0 Å². The molecule has 0 saturated heterocycles. The van der Waals surface area contributed by atoms with E-state index in [1.54, 1.807) is 0 Å². The minimum Gasteiger partial charge on any atom is -0.318 e. The van der Waals surface area contributed by atoms with E-state index < -0.39 is 5.91 Å². The van der Waals surface area contributed by atoms with Crippen molar-refractivity contribution < 1.29 is 9.59 Å². The van der Waals surface area contributed by atoms with Gasteiger partial charge in [0.05, 0.1) is 11.3 Å². The third kappa shape index (κ3) is 1.55. The summed E-state index contributed by atoms with van der Waals surface area (Å²) < 4.78 is 0. The smallest absolute Gasteiger partial charge is 0.296 e. The molecule has 3 nitrogen and oxygen atoms in total. The number of benzene rings is 1. The van der Waals surface area contributed by atoms with Crippen LogP contribution in [0.25, 0.3) is 0 Å². The van der Waals surface area contributed by atoms with Crippen molar-refractivity contribution in [2.24, 2.45) is 17.8 Å². The predicted octanol–water partition coefficient (Wildman–Crippen LogP) is 3.29. The SMILES string of the molecule is O=C1Nc2ccc(C34CC5CC(CC(C5)C3)C4)cc2C1=O. The molecular formula is C18H19NO2. The minimum absolute atomic E-state index is 0.287. The summed E-state index contributed by atoms with van der Waals surface area (Å²) in [6, 6.07) is 6.11. The summed E-state index contributed by atoms with van der Waals surface area (Å²) in [5.74, 6) is 1.82. The molecule has 4 aliphatic carbocycles. The van der Waals surface area contributed by atoms with E-state index >= 15 is 0 Å². The summed E-state index contributed by atoms with van der Waals surface area (Å²) >= 11 is 0. The molecular weight excluding hydrogens is 262 g/mol. The molecule has 4 fully saturated rings. The van der Waals surface area contributed by atoms with Gasteiger partial charge < -0.3 is 5.32 Å². The number of amides is 1. The molecule has 6 rings (SSSR count). The Labute approximate surface area is 124 Å². The lowest BCUT2D eigenvalue weighted by Gasteiger charge is -2.57. The number of carbonyl (C=O) groups excluding carboxylic acids is 2.